The fraction of sp³-hybridized carbons (Fsp3) is 0.600. The molecule has 0 fully saturated rings. The Hall–Kier alpha value is -0.440. The van der Waals surface area contributed by atoms with Gasteiger partial charge in [-0.1, -0.05) is 31.5 Å². The van der Waals surface area contributed by atoms with Gasteiger partial charge in [0.2, 0.25) is 0 Å². The molecular formula is C15H24Cl2N2. The van der Waals surface area contributed by atoms with E-state index in [4.69, 9.17) is 23.2 Å². The normalized spacial score (nSPS) is 11.4. The summed E-state index contributed by atoms with van der Waals surface area (Å²) < 4.78 is 0. The van der Waals surface area contributed by atoms with E-state index in [1.54, 1.807) is 0 Å². The van der Waals surface area contributed by atoms with Crippen molar-refractivity contribution in [2.75, 3.05) is 38.6 Å². The van der Waals surface area contributed by atoms with Crippen molar-refractivity contribution < 1.29 is 0 Å². The fourth-order valence-electron chi connectivity index (χ4n) is 1.93. The minimum Gasteiger partial charge on any atom is -0.370 e. The number of benzene rings is 1. The van der Waals surface area contributed by atoms with Crippen molar-refractivity contribution in [1.29, 1.82) is 0 Å². The molecule has 0 amide bonds. The molecule has 0 bridgehead atoms. The van der Waals surface area contributed by atoms with Crippen LogP contribution in [0.1, 0.15) is 19.4 Å². The number of alkyl halides is 1. The van der Waals surface area contributed by atoms with Crippen molar-refractivity contribution in [2.24, 2.45) is 5.92 Å². The molecule has 2 nitrogen and oxygen atoms in total. The Kier molecular flexibility index (Phi) is 6.98. The number of hydrogen-bond acceptors (Lipinski definition) is 2. The van der Waals surface area contributed by atoms with Gasteiger partial charge >= 0.3 is 0 Å². The van der Waals surface area contributed by atoms with E-state index in [1.807, 2.05) is 12.1 Å². The van der Waals surface area contributed by atoms with E-state index in [1.165, 1.54) is 5.69 Å². The third-order valence-electron chi connectivity index (χ3n) is 2.95. The Morgan fingerprint density at radius 3 is 2.32 bits per heavy atom. The van der Waals surface area contributed by atoms with Gasteiger partial charge in [-0.15, -0.1) is 11.6 Å². The molecule has 1 aromatic carbocycles. The molecule has 108 valence electrons. The molecule has 0 aliphatic heterocycles. The number of halogens is 2. The molecule has 0 saturated carbocycles. The Balaban J connectivity index is 2.86. The van der Waals surface area contributed by atoms with Crippen molar-refractivity contribution >= 4 is 28.9 Å². The fourth-order valence-corrected chi connectivity index (χ4v) is 2.47. The van der Waals surface area contributed by atoms with E-state index >= 15 is 0 Å². The largest absolute Gasteiger partial charge is 0.370 e. The summed E-state index contributed by atoms with van der Waals surface area (Å²) in [6, 6.07) is 6.16. The second kappa shape index (κ2) is 7.98. The van der Waals surface area contributed by atoms with Crippen LogP contribution in [0.15, 0.2) is 18.2 Å². The van der Waals surface area contributed by atoms with Gasteiger partial charge in [0.05, 0.1) is 0 Å². The van der Waals surface area contributed by atoms with Gasteiger partial charge < -0.3 is 9.80 Å². The lowest BCUT2D eigenvalue weighted by Crippen LogP contribution is -2.34. The van der Waals surface area contributed by atoms with Gasteiger partial charge in [-0.25, -0.2) is 0 Å². The Labute approximate surface area is 127 Å². The highest BCUT2D eigenvalue weighted by Crippen LogP contribution is 2.25. The molecule has 0 aliphatic carbocycles. The summed E-state index contributed by atoms with van der Waals surface area (Å²) in [5.41, 5.74) is 2.17. The predicted molar refractivity (Wildman–Crippen MR) is 86.6 cm³/mol. The molecule has 0 N–H and O–H groups in total. The third kappa shape index (κ3) is 5.60. The second-order valence-corrected chi connectivity index (χ2v) is 6.23. The number of nitrogens with zero attached hydrogens (tertiary/aromatic N) is 2. The molecule has 4 heteroatoms. The zero-order chi connectivity index (χ0) is 14.4. The summed E-state index contributed by atoms with van der Waals surface area (Å²) >= 11 is 12.1. The summed E-state index contributed by atoms with van der Waals surface area (Å²) in [5, 5.41) is 0.756. The Bertz CT molecular complexity index is 392. The van der Waals surface area contributed by atoms with E-state index < -0.39 is 0 Å². The number of hydrogen-bond donors (Lipinski definition) is 0. The number of anilines is 1. The average molecular weight is 303 g/mol. The smallest absolute Gasteiger partial charge is 0.0488 e. The van der Waals surface area contributed by atoms with Gasteiger partial charge in [-0.05, 0) is 37.7 Å². The monoisotopic (exact) mass is 302 g/mol. The first-order valence-electron chi connectivity index (χ1n) is 6.68. The highest BCUT2D eigenvalue weighted by Gasteiger charge is 2.11. The van der Waals surface area contributed by atoms with Gasteiger partial charge in [0.15, 0.2) is 0 Å². The van der Waals surface area contributed by atoms with Crippen LogP contribution in [0, 0.1) is 5.92 Å². The van der Waals surface area contributed by atoms with Crippen molar-refractivity contribution in [3.05, 3.63) is 28.8 Å². The summed E-state index contributed by atoms with van der Waals surface area (Å²) in [4.78, 5) is 4.58. The van der Waals surface area contributed by atoms with Crippen LogP contribution >= 0.6 is 23.2 Å². The topological polar surface area (TPSA) is 6.48 Å². The van der Waals surface area contributed by atoms with Gasteiger partial charge in [-0.2, -0.15) is 0 Å². The third-order valence-corrected chi connectivity index (χ3v) is 3.59. The molecule has 0 heterocycles. The van der Waals surface area contributed by atoms with Crippen LogP contribution in [0.3, 0.4) is 0 Å². The van der Waals surface area contributed by atoms with Crippen molar-refractivity contribution in [3.63, 3.8) is 0 Å². The highest BCUT2D eigenvalue weighted by atomic mass is 35.5. The van der Waals surface area contributed by atoms with Crippen LogP contribution in [0.2, 0.25) is 5.02 Å². The molecule has 0 radical (unpaired) electrons. The average Bonchev–Trinajstić information content (AvgIpc) is 2.33. The first kappa shape index (κ1) is 16.6. The van der Waals surface area contributed by atoms with Crippen LogP contribution in [-0.2, 0) is 5.88 Å². The number of rotatable bonds is 7. The van der Waals surface area contributed by atoms with Crippen LogP contribution < -0.4 is 4.90 Å². The van der Waals surface area contributed by atoms with Gasteiger partial charge in [0.1, 0.15) is 0 Å². The molecule has 0 aliphatic rings. The molecule has 19 heavy (non-hydrogen) atoms. The van der Waals surface area contributed by atoms with E-state index in [0.717, 1.165) is 30.2 Å². The van der Waals surface area contributed by atoms with E-state index in [0.29, 0.717) is 11.8 Å². The van der Waals surface area contributed by atoms with Crippen molar-refractivity contribution in [2.45, 2.75) is 19.7 Å². The summed E-state index contributed by atoms with van der Waals surface area (Å²) in [5.74, 6) is 1.08. The quantitative estimate of drug-likeness (QED) is 0.700. The summed E-state index contributed by atoms with van der Waals surface area (Å²) in [6.07, 6.45) is 0. The van der Waals surface area contributed by atoms with Gasteiger partial charge in [-0.3, -0.25) is 0 Å². The number of likely N-dealkylation sites (N-methyl/N-ethyl adjacent to an activating group) is 1. The van der Waals surface area contributed by atoms with Crippen LogP contribution in [0.4, 0.5) is 5.69 Å². The zero-order valence-electron chi connectivity index (χ0n) is 12.3. The van der Waals surface area contributed by atoms with E-state index in [2.05, 4.69) is 43.8 Å². The first-order chi connectivity index (χ1) is 8.93. The minimum absolute atomic E-state index is 0.459. The lowest BCUT2D eigenvalue weighted by molar-refractivity contribution is 0.409. The molecule has 0 unspecified atom stereocenters. The van der Waals surface area contributed by atoms with Crippen LogP contribution in [0.25, 0.3) is 0 Å². The first-order valence-corrected chi connectivity index (χ1v) is 7.59. The molecule has 0 spiro atoms. The van der Waals surface area contributed by atoms with Crippen LogP contribution in [0.5, 0.6) is 0 Å². The van der Waals surface area contributed by atoms with Crippen LogP contribution in [-0.4, -0.2) is 38.6 Å². The maximum absolute atomic E-state index is 6.25. The van der Waals surface area contributed by atoms with Gasteiger partial charge in [0.25, 0.3) is 0 Å². The molecule has 1 rings (SSSR count). The maximum Gasteiger partial charge on any atom is 0.0488 e. The molecule has 0 aromatic heterocycles. The molecular weight excluding hydrogens is 279 g/mol. The van der Waals surface area contributed by atoms with E-state index in [-0.39, 0.29) is 0 Å². The molecule has 0 atom stereocenters. The zero-order valence-corrected chi connectivity index (χ0v) is 13.8. The lowest BCUT2D eigenvalue weighted by atomic mass is 10.1. The standard InChI is InChI=1S/C15H24Cl2N2/c1-12(2)11-19(8-7-18(3)4)14-6-5-13(10-16)15(17)9-14/h5-6,9,12H,7-8,10-11H2,1-4H3. The molecule has 1 aromatic rings. The van der Waals surface area contributed by atoms with E-state index in [9.17, 15) is 0 Å². The summed E-state index contributed by atoms with van der Waals surface area (Å²) in [7, 11) is 4.19. The minimum atomic E-state index is 0.459. The maximum atomic E-state index is 6.25. The molecule has 0 saturated heterocycles. The summed E-state index contributed by atoms with van der Waals surface area (Å²) in [6.45, 7) is 7.53. The van der Waals surface area contributed by atoms with Gasteiger partial charge in [0, 0.05) is 36.2 Å². The van der Waals surface area contributed by atoms with Crippen molar-refractivity contribution in [3.8, 4) is 0 Å². The van der Waals surface area contributed by atoms with Crippen molar-refractivity contribution in [1.82, 2.24) is 4.90 Å². The lowest BCUT2D eigenvalue weighted by Gasteiger charge is -2.28. The predicted octanol–water partition coefficient (Wildman–Crippen LogP) is 4.10. The Morgan fingerprint density at radius 2 is 1.84 bits per heavy atom. The highest BCUT2D eigenvalue weighted by molar-refractivity contribution is 6.32. The second-order valence-electron chi connectivity index (χ2n) is 5.55. The Morgan fingerprint density at radius 1 is 1.16 bits per heavy atom. The SMILES string of the molecule is CC(C)CN(CCN(C)C)c1ccc(CCl)c(Cl)c1.